The fourth-order valence-electron chi connectivity index (χ4n) is 1.24. The maximum atomic E-state index is 11.4. The molecule has 0 atom stereocenters. The van der Waals surface area contributed by atoms with Crippen LogP contribution < -0.4 is 15.2 Å². The molecule has 0 unspecified atom stereocenters. The van der Waals surface area contributed by atoms with Gasteiger partial charge in [0.25, 0.3) is 0 Å². The summed E-state index contributed by atoms with van der Waals surface area (Å²) in [5, 5.41) is 0. The van der Waals surface area contributed by atoms with E-state index in [-0.39, 0.29) is 10.7 Å². The lowest BCUT2D eigenvalue weighted by Crippen LogP contribution is -2.33. The van der Waals surface area contributed by atoms with Gasteiger partial charge < -0.3 is 10.5 Å². The molecule has 0 aliphatic carbocycles. The van der Waals surface area contributed by atoms with Crippen LogP contribution in [0.2, 0.25) is 0 Å². The minimum absolute atomic E-state index is 0.0389. The molecule has 1 aromatic rings. The van der Waals surface area contributed by atoms with Crippen molar-refractivity contribution in [2.24, 2.45) is 5.73 Å². The van der Waals surface area contributed by atoms with Crippen molar-refractivity contribution < 1.29 is 13.2 Å². The second-order valence-electron chi connectivity index (χ2n) is 3.63. The van der Waals surface area contributed by atoms with E-state index in [1.54, 1.807) is 0 Å². The Bertz CT molecular complexity index is 474. The first kappa shape index (κ1) is 14.9. The summed E-state index contributed by atoms with van der Waals surface area (Å²) in [6.07, 6.45) is 0.575. The Hall–Kier alpha value is -1.18. The predicted molar refractivity (Wildman–Crippen MR) is 75.1 cm³/mol. The van der Waals surface area contributed by atoms with Crippen LogP contribution in [0, 0.1) is 0 Å². The first-order chi connectivity index (χ1) is 8.49. The monoisotopic (exact) mass is 288 g/mol. The van der Waals surface area contributed by atoms with Crippen molar-refractivity contribution in [1.29, 1.82) is 0 Å². The average molecular weight is 288 g/mol. The minimum atomic E-state index is -3.40. The molecule has 0 aliphatic heterocycles. The topological polar surface area (TPSA) is 81.4 Å². The Morgan fingerprint density at radius 3 is 2.61 bits per heavy atom. The number of thiocarbonyl (C=S) groups is 1. The van der Waals surface area contributed by atoms with Crippen molar-refractivity contribution in [2.75, 3.05) is 18.9 Å². The molecule has 0 amide bonds. The third kappa shape index (κ3) is 6.53. The van der Waals surface area contributed by atoms with E-state index >= 15 is 0 Å². The Morgan fingerprint density at radius 1 is 1.33 bits per heavy atom. The second-order valence-corrected chi connectivity index (χ2v) is 5.97. The summed E-state index contributed by atoms with van der Waals surface area (Å²) in [6.45, 7) is 0.747. The van der Waals surface area contributed by atoms with E-state index in [9.17, 15) is 8.42 Å². The molecule has 5 nitrogen and oxygen atoms in total. The number of nitrogens with two attached hydrogens (primary N) is 1. The lowest BCUT2D eigenvalue weighted by molar-refractivity contribution is 0.311. The first-order valence-electron chi connectivity index (χ1n) is 5.43. The molecular weight excluding hydrogens is 272 g/mol. The van der Waals surface area contributed by atoms with Crippen LogP contribution in [0.25, 0.3) is 0 Å². The van der Waals surface area contributed by atoms with Crippen molar-refractivity contribution in [3.05, 3.63) is 30.3 Å². The van der Waals surface area contributed by atoms with E-state index in [1.165, 1.54) is 0 Å². The number of benzene rings is 1. The van der Waals surface area contributed by atoms with Crippen molar-refractivity contribution in [2.45, 2.75) is 6.42 Å². The summed E-state index contributed by atoms with van der Waals surface area (Å²) in [6, 6.07) is 9.34. The van der Waals surface area contributed by atoms with Crippen LogP contribution >= 0.6 is 12.2 Å². The van der Waals surface area contributed by atoms with Gasteiger partial charge in [-0.2, -0.15) is 0 Å². The lowest BCUT2D eigenvalue weighted by Gasteiger charge is -2.07. The van der Waals surface area contributed by atoms with Gasteiger partial charge in [-0.25, -0.2) is 13.1 Å². The molecule has 1 aromatic carbocycles. The summed E-state index contributed by atoms with van der Waals surface area (Å²) in [7, 11) is -3.40. The van der Waals surface area contributed by atoms with Crippen molar-refractivity contribution >= 4 is 27.2 Å². The van der Waals surface area contributed by atoms with Crippen LogP contribution in [0.4, 0.5) is 0 Å². The molecule has 18 heavy (non-hydrogen) atoms. The second kappa shape index (κ2) is 7.30. The molecular formula is C11H16N2O3S2. The number of hydrogen-bond acceptors (Lipinski definition) is 4. The Morgan fingerprint density at radius 2 is 2.00 bits per heavy atom. The normalized spacial score (nSPS) is 11.1. The van der Waals surface area contributed by atoms with Gasteiger partial charge in [0.1, 0.15) is 11.5 Å². The molecule has 0 fully saturated rings. The number of ether oxygens (including phenoxy) is 1. The predicted octanol–water partition coefficient (Wildman–Crippen LogP) is 0.661. The summed E-state index contributed by atoms with van der Waals surface area (Å²) >= 11 is 4.54. The van der Waals surface area contributed by atoms with Gasteiger partial charge in [0.2, 0.25) is 10.0 Å². The quantitative estimate of drug-likeness (QED) is 0.542. The number of hydrogen-bond donors (Lipinski definition) is 2. The standard InChI is InChI=1S/C11H16N2O3S2/c12-11(17)9-18(14,15)13-7-4-8-16-10-5-2-1-3-6-10/h1-3,5-6,13H,4,7-9H2,(H2,12,17). The minimum Gasteiger partial charge on any atom is -0.494 e. The highest BCUT2D eigenvalue weighted by atomic mass is 32.2. The van der Waals surface area contributed by atoms with E-state index in [4.69, 9.17) is 10.5 Å². The lowest BCUT2D eigenvalue weighted by atomic mass is 10.3. The Labute approximate surface area is 112 Å². The largest absolute Gasteiger partial charge is 0.494 e. The van der Waals surface area contributed by atoms with Gasteiger partial charge in [-0.05, 0) is 18.6 Å². The average Bonchev–Trinajstić information content (AvgIpc) is 2.28. The van der Waals surface area contributed by atoms with E-state index in [0.717, 1.165) is 5.75 Å². The molecule has 0 radical (unpaired) electrons. The van der Waals surface area contributed by atoms with Crippen molar-refractivity contribution in [3.63, 3.8) is 0 Å². The molecule has 3 N–H and O–H groups in total. The molecule has 0 heterocycles. The fourth-order valence-corrected chi connectivity index (χ4v) is 2.64. The van der Waals surface area contributed by atoms with Crippen LogP contribution in [0.5, 0.6) is 5.75 Å². The summed E-state index contributed by atoms with van der Waals surface area (Å²) in [5.74, 6) is 0.450. The highest BCUT2D eigenvalue weighted by molar-refractivity contribution is 7.92. The zero-order valence-electron chi connectivity index (χ0n) is 9.83. The molecule has 0 aliphatic rings. The van der Waals surface area contributed by atoms with Crippen LogP contribution in [0.15, 0.2) is 30.3 Å². The van der Waals surface area contributed by atoms with E-state index < -0.39 is 10.0 Å². The smallest absolute Gasteiger partial charge is 0.218 e. The zero-order chi connectivity index (χ0) is 13.4. The van der Waals surface area contributed by atoms with E-state index in [0.29, 0.717) is 19.6 Å². The molecule has 7 heteroatoms. The fraction of sp³-hybridized carbons (Fsp3) is 0.364. The summed E-state index contributed by atoms with van der Waals surface area (Å²) in [5.41, 5.74) is 5.17. The maximum Gasteiger partial charge on any atom is 0.218 e. The number of para-hydroxylation sites is 1. The molecule has 100 valence electrons. The van der Waals surface area contributed by atoms with Gasteiger partial charge in [0.05, 0.1) is 11.6 Å². The third-order valence-electron chi connectivity index (χ3n) is 1.99. The molecule has 0 spiro atoms. The molecule has 0 saturated carbocycles. The van der Waals surface area contributed by atoms with Crippen molar-refractivity contribution in [1.82, 2.24) is 4.72 Å². The van der Waals surface area contributed by atoms with Gasteiger partial charge in [-0.15, -0.1) is 0 Å². The highest BCUT2D eigenvalue weighted by Crippen LogP contribution is 2.08. The zero-order valence-corrected chi connectivity index (χ0v) is 11.5. The van der Waals surface area contributed by atoms with E-state index in [1.807, 2.05) is 30.3 Å². The van der Waals surface area contributed by atoms with Gasteiger partial charge >= 0.3 is 0 Å². The maximum absolute atomic E-state index is 11.4. The first-order valence-corrected chi connectivity index (χ1v) is 7.49. The van der Waals surface area contributed by atoms with Crippen LogP contribution in [-0.2, 0) is 10.0 Å². The van der Waals surface area contributed by atoms with Crippen molar-refractivity contribution in [3.8, 4) is 5.75 Å². The molecule has 0 bridgehead atoms. The SMILES string of the molecule is NC(=S)CS(=O)(=O)NCCCOc1ccccc1. The van der Waals surface area contributed by atoms with Gasteiger partial charge in [-0.1, -0.05) is 30.4 Å². The molecule has 0 aromatic heterocycles. The summed E-state index contributed by atoms with van der Waals surface area (Å²) < 4.78 is 30.5. The summed E-state index contributed by atoms with van der Waals surface area (Å²) in [4.78, 5) is -0.0389. The molecule has 1 rings (SSSR count). The molecule has 0 saturated heterocycles. The Balaban J connectivity index is 2.18. The van der Waals surface area contributed by atoms with Crippen LogP contribution in [0.3, 0.4) is 0 Å². The van der Waals surface area contributed by atoms with Crippen LogP contribution in [-0.4, -0.2) is 32.3 Å². The van der Waals surface area contributed by atoms with Crippen LogP contribution in [0.1, 0.15) is 6.42 Å². The number of sulfonamides is 1. The van der Waals surface area contributed by atoms with E-state index in [2.05, 4.69) is 16.9 Å². The Kier molecular flexibility index (Phi) is 6.03. The number of nitrogens with one attached hydrogen (secondary N) is 1. The third-order valence-corrected chi connectivity index (χ3v) is 3.65. The van der Waals surface area contributed by atoms with Gasteiger partial charge in [0, 0.05) is 6.54 Å². The highest BCUT2D eigenvalue weighted by Gasteiger charge is 2.10. The number of rotatable bonds is 8. The van der Waals surface area contributed by atoms with Gasteiger partial charge in [0.15, 0.2) is 0 Å². The van der Waals surface area contributed by atoms with Gasteiger partial charge in [-0.3, -0.25) is 0 Å².